The molecule has 0 aliphatic carbocycles. The highest BCUT2D eigenvalue weighted by molar-refractivity contribution is 6.33. The van der Waals surface area contributed by atoms with Crippen molar-refractivity contribution in [1.82, 2.24) is 5.32 Å². The fraction of sp³-hybridized carbons (Fsp3) is 0.333. The molecule has 0 aliphatic heterocycles. The Balaban J connectivity index is 2.20. The SMILES string of the molecule is CCc1ccc(-c2ccc(CNC(C)C)cc2Cl)cc1. The Bertz CT molecular complexity index is 558. The van der Waals surface area contributed by atoms with Gasteiger partial charge < -0.3 is 5.32 Å². The molecule has 1 nitrogen and oxygen atoms in total. The number of rotatable bonds is 5. The fourth-order valence-electron chi connectivity index (χ4n) is 2.14. The van der Waals surface area contributed by atoms with Crippen molar-refractivity contribution in [2.45, 2.75) is 39.8 Å². The molecule has 1 N–H and O–H groups in total. The Hall–Kier alpha value is -1.31. The maximum absolute atomic E-state index is 6.43. The zero-order chi connectivity index (χ0) is 14.5. The molecule has 0 fully saturated rings. The van der Waals surface area contributed by atoms with E-state index in [-0.39, 0.29) is 0 Å². The maximum Gasteiger partial charge on any atom is 0.0487 e. The number of aryl methyl sites for hydroxylation is 1. The minimum atomic E-state index is 0.482. The van der Waals surface area contributed by atoms with E-state index < -0.39 is 0 Å². The first kappa shape index (κ1) is 15.1. The van der Waals surface area contributed by atoms with Crippen molar-refractivity contribution in [3.63, 3.8) is 0 Å². The van der Waals surface area contributed by atoms with E-state index >= 15 is 0 Å². The van der Waals surface area contributed by atoms with Gasteiger partial charge in [0, 0.05) is 23.2 Å². The summed E-state index contributed by atoms with van der Waals surface area (Å²) in [6.07, 6.45) is 1.06. The van der Waals surface area contributed by atoms with Gasteiger partial charge in [-0.1, -0.05) is 68.8 Å². The molecule has 0 unspecified atom stereocenters. The van der Waals surface area contributed by atoms with Crippen LogP contribution in [0, 0.1) is 0 Å². The summed E-state index contributed by atoms with van der Waals surface area (Å²) in [6.45, 7) is 7.31. The van der Waals surface area contributed by atoms with Crippen LogP contribution in [0.5, 0.6) is 0 Å². The summed E-state index contributed by atoms with van der Waals surface area (Å²) in [4.78, 5) is 0. The molecule has 106 valence electrons. The van der Waals surface area contributed by atoms with E-state index in [1.807, 2.05) is 0 Å². The van der Waals surface area contributed by atoms with E-state index in [0.717, 1.165) is 23.6 Å². The molecule has 2 aromatic rings. The van der Waals surface area contributed by atoms with E-state index in [1.54, 1.807) is 0 Å². The average Bonchev–Trinajstić information content (AvgIpc) is 2.45. The van der Waals surface area contributed by atoms with Crippen LogP contribution < -0.4 is 5.32 Å². The lowest BCUT2D eigenvalue weighted by Gasteiger charge is -2.11. The van der Waals surface area contributed by atoms with Crippen LogP contribution in [0.2, 0.25) is 5.02 Å². The van der Waals surface area contributed by atoms with Crippen LogP contribution in [-0.4, -0.2) is 6.04 Å². The third kappa shape index (κ3) is 3.84. The Kier molecular flexibility index (Phi) is 5.22. The molecular formula is C18H22ClN. The Morgan fingerprint density at radius 2 is 1.65 bits per heavy atom. The molecule has 0 bridgehead atoms. The van der Waals surface area contributed by atoms with Gasteiger partial charge in [0.1, 0.15) is 0 Å². The summed E-state index contributed by atoms with van der Waals surface area (Å²) < 4.78 is 0. The van der Waals surface area contributed by atoms with Crippen molar-refractivity contribution < 1.29 is 0 Å². The number of hydrogen-bond donors (Lipinski definition) is 1. The van der Waals surface area contributed by atoms with Crippen LogP contribution >= 0.6 is 11.6 Å². The Morgan fingerprint density at radius 3 is 2.20 bits per heavy atom. The van der Waals surface area contributed by atoms with Gasteiger partial charge >= 0.3 is 0 Å². The first-order chi connectivity index (χ1) is 9.60. The van der Waals surface area contributed by atoms with E-state index in [9.17, 15) is 0 Å². The highest BCUT2D eigenvalue weighted by Crippen LogP contribution is 2.29. The number of nitrogens with one attached hydrogen (secondary N) is 1. The molecule has 0 heterocycles. The van der Waals surface area contributed by atoms with Crippen LogP contribution in [0.15, 0.2) is 42.5 Å². The van der Waals surface area contributed by atoms with E-state index in [4.69, 9.17) is 11.6 Å². The summed E-state index contributed by atoms with van der Waals surface area (Å²) in [5.74, 6) is 0. The van der Waals surface area contributed by atoms with Crippen molar-refractivity contribution in [3.05, 3.63) is 58.6 Å². The lowest BCUT2D eigenvalue weighted by atomic mass is 10.0. The fourth-order valence-corrected chi connectivity index (χ4v) is 2.46. The van der Waals surface area contributed by atoms with Crippen molar-refractivity contribution >= 4 is 11.6 Å². The molecule has 0 amide bonds. The van der Waals surface area contributed by atoms with E-state index in [2.05, 4.69) is 68.6 Å². The number of benzene rings is 2. The van der Waals surface area contributed by atoms with Crippen molar-refractivity contribution in [2.75, 3.05) is 0 Å². The molecule has 2 aromatic carbocycles. The van der Waals surface area contributed by atoms with E-state index in [1.165, 1.54) is 16.7 Å². The number of hydrogen-bond acceptors (Lipinski definition) is 1. The van der Waals surface area contributed by atoms with Gasteiger partial charge in [-0.3, -0.25) is 0 Å². The van der Waals surface area contributed by atoms with Crippen molar-refractivity contribution in [3.8, 4) is 11.1 Å². The van der Waals surface area contributed by atoms with Crippen LogP contribution in [-0.2, 0) is 13.0 Å². The predicted molar refractivity (Wildman–Crippen MR) is 88.2 cm³/mol. The normalized spacial score (nSPS) is 11.1. The third-order valence-electron chi connectivity index (χ3n) is 3.42. The zero-order valence-corrected chi connectivity index (χ0v) is 13.2. The van der Waals surface area contributed by atoms with Gasteiger partial charge in [0.2, 0.25) is 0 Å². The second-order valence-electron chi connectivity index (χ2n) is 5.40. The summed E-state index contributed by atoms with van der Waals surface area (Å²) in [5, 5.41) is 4.22. The lowest BCUT2D eigenvalue weighted by molar-refractivity contribution is 0.589. The molecule has 2 heteroatoms. The minimum Gasteiger partial charge on any atom is -0.310 e. The van der Waals surface area contributed by atoms with Crippen molar-refractivity contribution in [2.24, 2.45) is 0 Å². The highest BCUT2D eigenvalue weighted by Gasteiger charge is 2.05. The highest BCUT2D eigenvalue weighted by atomic mass is 35.5. The van der Waals surface area contributed by atoms with Gasteiger partial charge in [-0.05, 0) is 29.2 Å². The molecule has 0 spiro atoms. The molecular weight excluding hydrogens is 266 g/mol. The van der Waals surface area contributed by atoms with Gasteiger partial charge in [-0.2, -0.15) is 0 Å². The zero-order valence-electron chi connectivity index (χ0n) is 12.4. The van der Waals surface area contributed by atoms with Crippen molar-refractivity contribution in [1.29, 1.82) is 0 Å². The smallest absolute Gasteiger partial charge is 0.0487 e. The van der Waals surface area contributed by atoms with Crippen LogP contribution in [0.3, 0.4) is 0 Å². The predicted octanol–water partition coefficient (Wildman–Crippen LogP) is 5.07. The largest absolute Gasteiger partial charge is 0.310 e. The summed E-state index contributed by atoms with van der Waals surface area (Å²) in [5.41, 5.74) is 4.85. The first-order valence-corrected chi connectivity index (χ1v) is 7.59. The topological polar surface area (TPSA) is 12.0 Å². The lowest BCUT2D eigenvalue weighted by Crippen LogP contribution is -2.21. The van der Waals surface area contributed by atoms with Crippen LogP contribution in [0.1, 0.15) is 31.9 Å². The summed E-state index contributed by atoms with van der Waals surface area (Å²) in [6, 6.07) is 15.4. The second-order valence-corrected chi connectivity index (χ2v) is 5.81. The van der Waals surface area contributed by atoms with Crippen LogP contribution in [0.25, 0.3) is 11.1 Å². The minimum absolute atomic E-state index is 0.482. The van der Waals surface area contributed by atoms with Gasteiger partial charge in [0.05, 0.1) is 0 Å². The standard InChI is InChI=1S/C18H22ClN/c1-4-14-5-8-16(9-6-14)17-10-7-15(11-18(17)19)12-20-13(2)3/h5-11,13,20H,4,12H2,1-3H3. The maximum atomic E-state index is 6.43. The molecule has 0 aliphatic rings. The van der Waals surface area contributed by atoms with Gasteiger partial charge in [-0.15, -0.1) is 0 Å². The molecule has 0 saturated carbocycles. The van der Waals surface area contributed by atoms with Gasteiger partial charge in [0.25, 0.3) is 0 Å². The average molecular weight is 288 g/mol. The first-order valence-electron chi connectivity index (χ1n) is 7.21. The molecule has 20 heavy (non-hydrogen) atoms. The molecule has 0 radical (unpaired) electrons. The van der Waals surface area contributed by atoms with E-state index in [0.29, 0.717) is 6.04 Å². The quantitative estimate of drug-likeness (QED) is 0.810. The molecule has 0 atom stereocenters. The Morgan fingerprint density at radius 1 is 1.00 bits per heavy atom. The molecule has 0 aromatic heterocycles. The molecule has 0 saturated heterocycles. The second kappa shape index (κ2) is 6.92. The Labute approximate surface area is 127 Å². The monoisotopic (exact) mass is 287 g/mol. The number of halogens is 1. The van der Waals surface area contributed by atoms with Crippen LogP contribution in [0.4, 0.5) is 0 Å². The summed E-state index contributed by atoms with van der Waals surface area (Å²) in [7, 11) is 0. The van der Waals surface area contributed by atoms with Gasteiger partial charge in [-0.25, -0.2) is 0 Å². The summed E-state index contributed by atoms with van der Waals surface area (Å²) >= 11 is 6.43. The third-order valence-corrected chi connectivity index (χ3v) is 3.73. The van der Waals surface area contributed by atoms with Gasteiger partial charge in [0.15, 0.2) is 0 Å². The molecule has 2 rings (SSSR count).